The first-order chi connectivity index (χ1) is 9.52. The summed E-state index contributed by atoms with van der Waals surface area (Å²) < 4.78 is 19.7. The summed E-state index contributed by atoms with van der Waals surface area (Å²) in [6, 6.07) is 2.66. The zero-order valence-electron chi connectivity index (χ0n) is 11.2. The zero-order valence-corrected chi connectivity index (χ0v) is 12.8. The molecule has 8 heteroatoms. The van der Waals surface area contributed by atoms with Crippen molar-refractivity contribution in [3.8, 4) is 11.6 Å². The first-order valence-corrected chi connectivity index (χ1v) is 6.39. The van der Waals surface area contributed by atoms with Crippen molar-refractivity contribution in [3.05, 3.63) is 40.9 Å². The van der Waals surface area contributed by atoms with Crippen molar-refractivity contribution < 1.29 is 9.13 Å². The fraction of sp³-hybridized carbons (Fsp3) is 0.231. The van der Waals surface area contributed by atoms with Crippen LogP contribution in [0, 0.1) is 5.82 Å². The summed E-state index contributed by atoms with van der Waals surface area (Å²) in [6.07, 6.45) is 3.19. The normalized spacial score (nSPS) is 11.6. The molecule has 0 aliphatic heterocycles. The molecular weight excluding hydrogens is 318 g/mol. The largest absolute Gasteiger partial charge is 0.433 e. The van der Waals surface area contributed by atoms with Gasteiger partial charge in [-0.1, -0.05) is 24.6 Å². The molecule has 0 unspecified atom stereocenters. The Balaban J connectivity index is 0.00000220. The van der Waals surface area contributed by atoms with Crippen LogP contribution in [0.4, 0.5) is 10.2 Å². The van der Waals surface area contributed by atoms with Crippen LogP contribution in [0.5, 0.6) is 11.6 Å². The topological polar surface area (TPSA) is 87.0 Å². The highest BCUT2D eigenvalue weighted by Crippen LogP contribution is 2.35. The number of hydrogen-bond acceptors (Lipinski definition) is 5. The first kappa shape index (κ1) is 17.4. The van der Waals surface area contributed by atoms with Gasteiger partial charge < -0.3 is 16.2 Å². The molecule has 0 fully saturated rings. The summed E-state index contributed by atoms with van der Waals surface area (Å²) in [7, 11) is 0. The third-order valence-electron chi connectivity index (χ3n) is 2.77. The van der Waals surface area contributed by atoms with Crippen LogP contribution in [0.3, 0.4) is 0 Å². The second kappa shape index (κ2) is 7.40. The smallest absolute Gasteiger partial charge is 0.238 e. The van der Waals surface area contributed by atoms with Gasteiger partial charge in [-0.3, -0.25) is 0 Å². The van der Waals surface area contributed by atoms with Gasteiger partial charge in [0, 0.05) is 11.6 Å². The SMILES string of the molecule is CC[C@@H](N)c1ccc(Cl)c(Oc2cnc(N)cn2)c1F.Cl. The molecular formula is C13H15Cl2FN4O. The van der Waals surface area contributed by atoms with Gasteiger partial charge in [0.2, 0.25) is 5.88 Å². The molecule has 0 aliphatic carbocycles. The minimum atomic E-state index is -0.592. The summed E-state index contributed by atoms with van der Waals surface area (Å²) in [5.41, 5.74) is 11.6. The molecule has 1 aromatic carbocycles. The lowest BCUT2D eigenvalue weighted by atomic mass is 10.0. The number of benzene rings is 1. The Bertz CT molecular complexity index is 610. The average molecular weight is 333 g/mol. The van der Waals surface area contributed by atoms with Crippen LogP contribution in [0.15, 0.2) is 24.5 Å². The van der Waals surface area contributed by atoms with Gasteiger partial charge in [0.15, 0.2) is 11.6 Å². The molecule has 2 rings (SSSR count). The molecule has 21 heavy (non-hydrogen) atoms. The molecule has 2 aromatic rings. The fourth-order valence-electron chi connectivity index (χ4n) is 1.63. The number of rotatable bonds is 4. The van der Waals surface area contributed by atoms with Gasteiger partial charge in [-0.25, -0.2) is 14.4 Å². The monoisotopic (exact) mass is 332 g/mol. The van der Waals surface area contributed by atoms with Crippen molar-refractivity contribution in [2.24, 2.45) is 5.73 Å². The minimum absolute atomic E-state index is 0. The Morgan fingerprint density at radius 2 is 2.05 bits per heavy atom. The quantitative estimate of drug-likeness (QED) is 0.894. The molecule has 1 aromatic heterocycles. The maximum atomic E-state index is 14.4. The molecule has 4 N–H and O–H groups in total. The van der Waals surface area contributed by atoms with E-state index in [1.165, 1.54) is 18.5 Å². The molecule has 1 heterocycles. The van der Waals surface area contributed by atoms with Gasteiger partial charge in [-0.05, 0) is 12.5 Å². The number of aromatic nitrogens is 2. The second-order valence-corrected chi connectivity index (χ2v) is 4.58. The molecule has 0 bridgehead atoms. The van der Waals surface area contributed by atoms with Crippen LogP contribution in [0.2, 0.25) is 5.02 Å². The third kappa shape index (κ3) is 3.93. The van der Waals surface area contributed by atoms with E-state index in [0.717, 1.165) is 0 Å². The van der Waals surface area contributed by atoms with Crippen molar-refractivity contribution >= 4 is 29.8 Å². The number of hydrogen-bond donors (Lipinski definition) is 2. The molecule has 0 amide bonds. The molecule has 0 aliphatic rings. The molecule has 0 saturated heterocycles. The Hall–Kier alpha value is -1.63. The molecule has 114 valence electrons. The number of nitrogens with zero attached hydrogens (tertiary/aromatic N) is 2. The predicted octanol–water partition coefficient (Wildman–Crippen LogP) is 3.48. The van der Waals surface area contributed by atoms with Crippen molar-refractivity contribution in [3.63, 3.8) is 0 Å². The van der Waals surface area contributed by atoms with Crippen LogP contribution in [-0.4, -0.2) is 9.97 Å². The van der Waals surface area contributed by atoms with E-state index in [-0.39, 0.29) is 34.9 Å². The van der Waals surface area contributed by atoms with E-state index in [0.29, 0.717) is 12.0 Å². The minimum Gasteiger partial charge on any atom is -0.433 e. The van der Waals surface area contributed by atoms with Crippen molar-refractivity contribution in [1.29, 1.82) is 0 Å². The molecule has 0 radical (unpaired) electrons. The van der Waals surface area contributed by atoms with Crippen LogP contribution in [0.1, 0.15) is 24.9 Å². The van der Waals surface area contributed by atoms with E-state index in [2.05, 4.69) is 9.97 Å². The molecule has 1 atom stereocenters. The van der Waals surface area contributed by atoms with E-state index in [4.69, 9.17) is 27.8 Å². The lowest BCUT2D eigenvalue weighted by Gasteiger charge is -2.14. The van der Waals surface area contributed by atoms with Crippen LogP contribution < -0.4 is 16.2 Å². The molecule has 0 spiro atoms. The van der Waals surface area contributed by atoms with Crippen molar-refractivity contribution in [1.82, 2.24) is 9.97 Å². The summed E-state index contributed by atoms with van der Waals surface area (Å²) in [5, 5.41) is 0.133. The number of nitrogens with two attached hydrogens (primary N) is 2. The number of anilines is 1. The van der Waals surface area contributed by atoms with Crippen molar-refractivity contribution in [2.45, 2.75) is 19.4 Å². The predicted molar refractivity (Wildman–Crippen MR) is 82.4 cm³/mol. The van der Waals surface area contributed by atoms with Gasteiger partial charge in [0.05, 0.1) is 17.4 Å². The summed E-state index contributed by atoms with van der Waals surface area (Å²) in [6.45, 7) is 1.87. The van der Waals surface area contributed by atoms with Crippen LogP contribution >= 0.6 is 24.0 Å². The molecule has 0 saturated carbocycles. The molecule has 5 nitrogen and oxygen atoms in total. The maximum Gasteiger partial charge on any atom is 0.238 e. The van der Waals surface area contributed by atoms with E-state index in [1.54, 1.807) is 6.07 Å². The Morgan fingerprint density at radius 3 is 2.62 bits per heavy atom. The number of halogens is 3. The summed E-state index contributed by atoms with van der Waals surface area (Å²) >= 11 is 5.95. The van der Waals surface area contributed by atoms with E-state index >= 15 is 0 Å². The van der Waals surface area contributed by atoms with Gasteiger partial charge in [0.1, 0.15) is 5.82 Å². The second-order valence-electron chi connectivity index (χ2n) is 4.18. The van der Waals surface area contributed by atoms with Crippen LogP contribution in [0.25, 0.3) is 0 Å². The lowest BCUT2D eigenvalue weighted by Crippen LogP contribution is -2.11. The number of nitrogen functional groups attached to an aromatic ring is 1. The highest BCUT2D eigenvalue weighted by atomic mass is 35.5. The maximum absolute atomic E-state index is 14.4. The highest BCUT2D eigenvalue weighted by molar-refractivity contribution is 6.32. The van der Waals surface area contributed by atoms with E-state index in [1.807, 2.05) is 6.92 Å². The third-order valence-corrected chi connectivity index (χ3v) is 3.07. The lowest BCUT2D eigenvalue weighted by molar-refractivity contribution is 0.419. The van der Waals surface area contributed by atoms with E-state index < -0.39 is 11.9 Å². The number of ether oxygens (including phenoxy) is 1. The Labute approximate surface area is 132 Å². The summed E-state index contributed by atoms with van der Waals surface area (Å²) in [5.74, 6) is -0.370. The average Bonchev–Trinajstić information content (AvgIpc) is 2.45. The standard InChI is InChI=1S/C13H14ClFN4O.ClH/c1-2-9(16)7-3-4-8(14)13(12(7)15)20-11-6-18-10(17)5-19-11;/h3-6,9H,2,16H2,1H3,(H2,17,18);1H/t9-;/m1./s1. The fourth-order valence-corrected chi connectivity index (χ4v) is 1.82. The highest BCUT2D eigenvalue weighted by Gasteiger charge is 2.18. The van der Waals surface area contributed by atoms with Crippen LogP contribution in [-0.2, 0) is 0 Å². The summed E-state index contributed by atoms with van der Waals surface area (Å²) in [4.78, 5) is 7.69. The Kier molecular flexibility index (Phi) is 6.14. The Morgan fingerprint density at radius 1 is 1.33 bits per heavy atom. The van der Waals surface area contributed by atoms with Gasteiger partial charge >= 0.3 is 0 Å². The van der Waals surface area contributed by atoms with E-state index in [9.17, 15) is 4.39 Å². The van der Waals surface area contributed by atoms with Gasteiger partial charge in [-0.2, -0.15) is 0 Å². The zero-order chi connectivity index (χ0) is 14.7. The first-order valence-electron chi connectivity index (χ1n) is 6.01. The van der Waals surface area contributed by atoms with Crippen molar-refractivity contribution in [2.75, 3.05) is 5.73 Å². The van der Waals surface area contributed by atoms with Gasteiger partial charge in [0.25, 0.3) is 0 Å². The van der Waals surface area contributed by atoms with Gasteiger partial charge in [-0.15, -0.1) is 12.4 Å².